The van der Waals surface area contributed by atoms with Gasteiger partial charge >= 0.3 is 0 Å². The summed E-state index contributed by atoms with van der Waals surface area (Å²) in [6.45, 7) is 7.55. The Morgan fingerprint density at radius 1 is 1.29 bits per heavy atom. The SMILES string of the molecule is CC1CCC(C(C)C)C(OCC(=O)NCC(N)C2CC2)C1. The van der Waals surface area contributed by atoms with Gasteiger partial charge in [-0.25, -0.2) is 0 Å². The van der Waals surface area contributed by atoms with E-state index in [1.165, 1.54) is 25.7 Å². The maximum atomic E-state index is 11.9. The number of carbonyl (C=O) groups is 1. The lowest BCUT2D eigenvalue weighted by Crippen LogP contribution is -2.42. The summed E-state index contributed by atoms with van der Waals surface area (Å²) in [6, 6.07) is 0.118. The number of nitrogens with two attached hydrogens (primary N) is 1. The normalized spacial score (nSPS) is 31.2. The minimum atomic E-state index is -0.0215. The summed E-state index contributed by atoms with van der Waals surface area (Å²) in [5.74, 6) is 2.51. The first-order valence-electron chi connectivity index (χ1n) is 8.61. The van der Waals surface area contributed by atoms with Gasteiger partial charge in [0.2, 0.25) is 5.91 Å². The average Bonchev–Trinajstić information content (AvgIpc) is 3.26. The quantitative estimate of drug-likeness (QED) is 0.758. The Morgan fingerprint density at radius 2 is 2.00 bits per heavy atom. The number of hydrogen-bond donors (Lipinski definition) is 2. The summed E-state index contributed by atoms with van der Waals surface area (Å²) in [7, 11) is 0. The first-order valence-corrected chi connectivity index (χ1v) is 8.61. The first kappa shape index (κ1) is 16.8. The molecule has 0 radical (unpaired) electrons. The second-order valence-corrected chi connectivity index (χ2v) is 7.48. The van der Waals surface area contributed by atoms with Gasteiger partial charge < -0.3 is 15.8 Å². The molecule has 0 aromatic heterocycles. The van der Waals surface area contributed by atoms with Gasteiger partial charge in [-0.3, -0.25) is 4.79 Å². The molecule has 1 amide bonds. The van der Waals surface area contributed by atoms with Crippen molar-refractivity contribution in [1.29, 1.82) is 0 Å². The van der Waals surface area contributed by atoms with Crippen molar-refractivity contribution in [2.45, 2.75) is 65.0 Å². The van der Waals surface area contributed by atoms with Crippen molar-refractivity contribution < 1.29 is 9.53 Å². The third kappa shape index (κ3) is 5.26. The summed E-state index contributed by atoms with van der Waals surface area (Å²) in [5, 5.41) is 2.91. The van der Waals surface area contributed by atoms with Crippen LogP contribution in [0.15, 0.2) is 0 Å². The molecule has 21 heavy (non-hydrogen) atoms. The summed E-state index contributed by atoms with van der Waals surface area (Å²) in [5.41, 5.74) is 5.99. The minimum Gasteiger partial charge on any atom is -0.368 e. The fraction of sp³-hybridized carbons (Fsp3) is 0.941. The molecule has 0 saturated heterocycles. The van der Waals surface area contributed by atoms with E-state index in [2.05, 4.69) is 26.1 Å². The molecule has 2 rings (SSSR count). The van der Waals surface area contributed by atoms with E-state index in [0.717, 1.165) is 6.42 Å². The highest BCUT2D eigenvalue weighted by atomic mass is 16.5. The van der Waals surface area contributed by atoms with Crippen molar-refractivity contribution in [2.24, 2.45) is 29.4 Å². The van der Waals surface area contributed by atoms with E-state index in [1.54, 1.807) is 0 Å². The summed E-state index contributed by atoms with van der Waals surface area (Å²) < 4.78 is 5.94. The summed E-state index contributed by atoms with van der Waals surface area (Å²) in [6.07, 6.45) is 6.24. The molecule has 0 aliphatic heterocycles. The van der Waals surface area contributed by atoms with Gasteiger partial charge in [0.1, 0.15) is 6.61 Å². The lowest BCUT2D eigenvalue weighted by Gasteiger charge is -2.37. The number of amides is 1. The standard InChI is InChI=1S/C17H32N2O2/c1-11(2)14-7-4-12(3)8-16(14)21-10-17(20)19-9-15(18)13-5-6-13/h11-16H,4-10,18H2,1-3H3,(H,19,20). The average molecular weight is 296 g/mol. The Morgan fingerprint density at radius 3 is 2.62 bits per heavy atom. The van der Waals surface area contributed by atoms with E-state index >= 15 is 0 Å². The Labute approximate surface area is 129 Å². The smallest absolute Gasteiger partial charge is 0.246 e. The van der Waals surface area contributed by atoms with Crippen LogP contribution in [0.4, 0.5) is 0 Å². The molecule has 4 atom stereocenters. The molecule has 3 N–H and O–H groups in total. The molecule has 2 fully saturated rings. The van der Waals surface area contributed by atoms with E-state index in [-0.39, 0.29) is 24.7 Å². The number of hydrogen-bond acceptors (Lipinski definition) is 3. The maximum absolute atomic E-state index is 11.9. The van der Waals surface area contributed by atoms with Crippen molar-refractivity contribution in [3.8, 4) is 0 Å². The van der Waals surface area contributed by atoms with Crippen LogP contribution >= 0.6 is 0 Å². The van der Waals surface area contributed by atoms with Crippen LogP contribution in [-0.4, -0.2) is 31.2 Å². The zero-order valence-corrected chi connectivity index (χ0v) is 13.8. The zero-order valence-electron chi connectivity index (χ0n) is 13.8. The van der Waals surface area contributed by atoms with Crippen molar-refractivity contribution in [1.82, 2.24) is 5.32 Å². The monoisotopic (exact) mass is 296 g/mol. The molecule has 2 aliphatic rings. The van der Waals surface area contributed by atoms with Gasteiger partial charge in [-0.05, 0) is 49.4 Å². The molecule has 2 aliphatic carbocycles. The zero-order chi connectivity index (χ0) is 15.4. The van der Waals surface area contributed by atoms with Crippen molar-refractivity contribution >= 4 is 5.91 Å². The van der Waals surface area contributed by atoms with Crippen molar-refractivity contribution in [3.05, 3.63) is 0 Å². The first-order chi connectivity index (χ1) is 9.97. The maximum Gasteiger partial charge on any atom is 0.246 e. The highest BCUT2D eigenvalue weighted by Gasteiger charge is 2.32. The molecule has 4 unspecified atom stereocenters. The predicted octanol–water partition coefficient (Wildman–Crippen LogP) is 2.32. The molecule has 0 heterocycles. The van der Waals surface area contributed by atoms with E-state index in [1.807, 2.05) is 0 Å². The van der Waals surface area contributed by atoms with Crippen LogP contribution in [0.3, 0.4) is 0 Å². The number of carbonyl (C=O) groups excluding carboxylic acids is 1. The van der Waals surface area contributed by atoms with Crippen LogP contribution in [0.5, 0.6) is 0 Å². The number of nitrogens with one attached hydrogen (secondary N) is 1. The highest BCUT2D eigenvalue weighted by molar-refractivity contribution is 5.77. The predicted molar refractivity (Wildman–Crippen MR) is 84.8 cm³/mol. The van der Waals surface area contributed by atoms with E-state index in [9.17, 15) is 4.79 Å². The largest absolute Gasteiger partial charge is 0.368 e. The van der Waals surface area contributed by atoms with Crippen LogP contribution in [0.1, 0.15) is 52.9 Å². The van der Waals surface area contributed by atoms with E-state index < -0.39 is 0 Å². The summed E-state index contributed by atoms with van der Waals surface area (Å²) in [4.78, 5) is 11.9. The van der Waals surface area contributed by atoms with E-state index in [0.29, 0.717) is 30.2 Å². The second kappa shape index (κ2) is 7.59. The van der Waals surface area contributed by atoms with Gasteiger partial charge in [-0.1, -0.05) is 27.2 Å². The van der Waals surface area contributed by atoms with Gasteiger partial charge in [0.25, 0.3) is 0 Å². The van der Waals surface area contributed by atoms with Crippen molar-refractivity contribution in [3.63, 3.8) is 0 Å². The van der Waals surface area contributed by atoms with Crippen LogP contribution < -0.4 is 11.1 Å². The van der Waals surface area contributed by atoms with Gasteiger partial charge in [0, 0.05) is 12.6 Å². The molecule has 0 aromatic carbocycles. The molecule has 0 spiro atoms. The van der Waals surface area contributed by atoms with Gasteiger partial charge in [0.05, 0.1) is 6.10 Å². The van der Waals surface area contributed by atoms with Gasteiger partial charge in [-0.2, -0.15) is 0 Å². The third-order valence-corrected chi connectivity index (χ3v) is 5.15. The van der Waals surface area contributed by atoms with Crippen LogP contribution in [0.2, 0.25) is 0 Å². The van der Waals surface area contributed by atoms with Crippen LogP contribution in [-0.2, 0) is 9.53 Å². The molecule has 4 nitrogen and oxygen atoms in total. The Kier molecular flexibility index (Phi) is 6.06. The fourth-order valence-electron chi connectivity index (χ4n) is 3.46. The van der Waals surface area contributed by atoms with Crippen LogP contribution in [0, 0.1) is 23.7 Å². The van der Waals surface area contributed by atoms with Crippen molar-refractivity contribution in [2.75, 3.05) is 13.2 Å². The topological polar surface area (TPSA) is 64.3 Å². The third-order valence-electron chi connectivity index (χ3n) is 5.15. The highest BCUT2D eigenvalue weighted by Crippen LogP contribution is 2.35. The lowest BCUT2D eigenvalue weighted by atomic mass is 9.75. The Balaban J connectivity index is 1.70. The second-order valence-electron chi connectivity index (χ2n) is 7.48. The number of ether oxygens (including phenoxy) is 1. The fourth-order valence-corrected chi connectivity index (χ4v) is 3.46. The molecular weight excluding hydrogens is 264 g/mol. The molecule has 4 heteroatoms. The van der Waals surface area contributed by atoms with E-state index in [4.69, 9.17) is 10.5 Å². The lowest BCUT2D eigenvalue weighted by molar-refractivity contribution is -0.131. The molecule has 0 aromatic rings. The van der Waals surface area contributed by atoms with Gasteiger partial charge in [-0.15, -0.1) is 0 Å². The Bertz CT molecular complexity index is 342. The molecule has 122 valence electrons. The number of rotatable bonds is 7. The minimum absolute atomic E-state index is 0.0215. The van der Waals surface area contributed by atoms with Gasteiger partial charge in [0.15, 0.2) is 0 Å². The Hall–Kier alpha value is -0.610. The summed E-state index contributed by atoms with van der Waals surface area (Å²) >= 11 is 0. The molecule has 2 saturated carbocycles. The van der Waals surface area contributed by atoms with Crippen LogP contribution in [0.25, 0.3) is 0 Å². The molecule has 0 bridgehead atoms. The molecular formula is C17H32N2O2.